The molecule has 1 aromatic heterocycles. The second-order valence-corrected chi connectivity index (χ2v) is 8.68. The van der Waals surface area contributed by atoms with Gasteiger partial charge in [-0.1, -0.05) is 29.8 Å². The molecule has 1 fully saturated rings. The van der Waals surface area contributed by atoms with Gasteiger partial charge in [0.05, 0.1) is 17.6 Å². The van der Waals surface area contributed by atoms with Gasteiger partial charge >= 0.3 is 0 Å². The molecular formula is C17H23ClN4O2S. The van der Waals surface area contributed by atoms with E-state index in [1.54, 1.807) is 4.68 Å². The molecule has 1 saturated heterocycles. The molecule has 1 N–H and O–H groups in total. The summed E-state index contributed by atoms with van der Waals surface area (Å²) in [5.74, 6) is 0. The number of benzene rings is 1. The number of rotatable bonds is 5. The van der Waals surface area contributed by atoms with E-state index in [2.05, 4.69) is 14.7 Å². The van der Waals surface area contributed by atoms with Crippen molar-refractivity contribution in [3.8, 4) is 5.69 Å². The average Bonchev–Trinajstić information content (AvgIpc) is 2.84. The van der Waals surface area contributed by atoms with Gasteiger partial charge < -0.3 is 0 Å². The lowest BCUT2D eigenvalue weighted by molar-refractivity contribution is 0.200. The standard InChI is InChI=1S/C17H23ClN4O2S/c1-13-16(17(18)22(19-13)15-6-4-3-5-7-15)12-21-10-8-14(9-11-21)20-25(2,23)24/h3-7,14,20H,8-12H2,1-2H3. The van der Waals surface area contributed by atoms with Crippen molar-refractivity contribution in [2.24, 2.45) is 0 Å². The number of nitrogens with zero attached hydrogens (tertiary/aromatic N) is 3. The third-order valence-electron chi connectivity index (χ3n) is 4.47. The molecule has 0 unspecified atom stereocenters. The number of hydrogen-bond acceptors (Lipinski definition) is 4. The van der Waals surface area contributed by atoms with Crippen LogP contribution in [0.1, 0.15) is 24.1 Å². The van der Waals surface area contributed by atoms with Crippen LogP contribution in [-0.2, 0) is 16.6 Å². The lowest BCUT2D eigenvalue weighted by atomic mass is 10.1. The van der Waals surface area contributed by atoms with Gasteiger partial charge in [0.15, 0.2) is 0 Å². The Bertz CT molecular complexity index is 828. The van der Waals surface area contributed by atoms with E-state index in [1.807, 2.05) is 37.3 Å². The summed E-state index contributed by atoms with van der Waals surface area (Å²) in [5, 5.41) is 5.21. The summed E-state index contributed by atoms with van der Waals surface area (Å²) in [4.78, 5) is 2.30. The van der Waals surface area contributed by atoms with Crippen LogP contribution in [0.2, 0.25) is 5.15 Å². The first kappa shape index (κ1) is 18.4. The Hall–Kier alpha value is -1.41. The third kappa shape index (κ3) is 4.61. The van der Waals surface area contributed by atoms with E-state index in [0.29, 0.717) is 5.15 Å². The Balaban J connectivity index is 1.68. The van der Waals surface area contributed by atoms with Crippen LogP contribution in [0.25, 0.3) is 5.69 Å². The first-order valence-corrected chi connectivity index (χ1v) is 10.6. The van der Waals surface area contributed by atoms with Crippen LogP contribution in [-0.4, -0.2) is 48.5 Å². The summed E-state index contributed by atoms with van der Waals surface area (Å²) >= 11 is 6.58. The lowest BCUT2D eigenvalue weighted by Crippen LogP contribution is -2.44. The van der Waals surface area contributed by atoms with Gasteiger partial charge in [-0.2, -0.15) is 5.10 Å². The van der Waals surface area contributed by atoms with E-state index in [-0.39, 0.29) is 6.04 Å². The fourth-order valence-corrected chi connectivity index (χ4v) is 4.36. The van der Waals surface area contributed by atoms with Crippen molar-refractivity contribution in [3.63, 3.8) is 0 Å². The maximum atomic E-state index is 11.3. The molecule has 1 aliphatic heterocycles. The first-order chi connectivity index (χ1) is 11.8. The molecule has 0 atom stereocenters. The fourth-order valence-electron chi connectivity index (χ4n) is 3.19. The molecule has 0 amide bonds. The van der Waals surface area contributed by atoms with E-state index in [9.17, 15) is 8.42 Å². The number of aromatic nitrogens is 2. The fraction of sp³-hybridized carbons (Fsp3) is 0.471. The van der Waals surface area contributed by atoms with Crippen LogP contribution in [0, 0.1) is 6.92 Å². The topological polar surface area (TPSA) is 67.2 Å². The van der Waals surface area contributed by atoms with Crippen LogP contribution >= 0.6 is 11.6 Å². The third-order valence-corrected chi connectivity index (χ3v) is 5.62. The van der Waals surface area contributed by atoms with Crippen molar-refractivity contribution in [3.05, 3.63) is 46.7 Å². The summed E-state index contributed by atoms with van der Waals surface area (Å²) in [7, 11) is -3.14. The van der Waals surface area contributed by atoms with Crippen LogP contribution in [0.4, 0.5) is 0 Å². The van der Waals surface area contributed by atoms with Gasteiger partial charge in [0, 0.05) is 31.2 Å². The average molecular weight is 383 g/mol. The highest BCUT2D eigenvalue weighted by molar-refractivity contribution is 7.88. The Morgan fingerprint density at radius 1 is 1.24 bits per heavy atom. The smallest absolute Gasteiger partial charge is 0.208 e. The predicted octanol–water partition coefficient (Wildman–Crippen LogP) is 2.35. The minimum Gasteiger partial charge on any atom is -0.299 e. The maximum absolute atomic E-state index is 11.3. The molecule has 0 bridgehead atoms. The zero-order chi connectivity index (χ0) is 18.0. The minimum atomic E-state index is -3.14. The van der Waals surface area contributed by atoms with E-state index >= 15 is 0 Å². The molecule has 25 heavy (non-hydrogen) atoms. The summed E-state index contributed by atoms with van der Waals surface area (Å²) < 4.78 is 27.2. The highest BCUT2D eigenvalue weighted by Crippen LogP contribution is 2.26. The molecule has 0 radical (unpaired) electrons. The largest absolute Gasteiger partial charge is 0.299 e. The van der Waals surface area contributed by atoms with E-state index in [0.717, 1.165) is 49.4 Å². The number of piperidine rings is 1. The van der Waals surface area contributed by atoms with E-state index < -0.39 is 10.0 Å². The van der Waals surface area contributed by atoms with E-state index in [1.165, 1.54) is 6.26 Å². The number of hydrogen-bond donors (Lipinski definition) is 1. The van der Waals surface area contributed by atoms with E-state index in [4.69, 9.17) is 11.6 Å². The molecule has 136 valence electrons. The van der Waals surface area contributed by atoms with Crippen molar-refractivity contribution in [1.29, 1.82) is 0 Å². The second-order valence-electron chi connectivity index (χ2n) is 6.54. The molecular weight excluding hydrogens is 360 g/mol. The molecule has 2 aromatic rings. The maximum Gasteiger partial charge on any atom is 0.208 e. The Kier molecular flexibility index (Phi) is 5.48. The highest BCUT2D eigenvalue weighted by atomic mass is 35.5. The molecule has 0 saturated carbocycles. The lowest BCUT2D eigenvalue weighted by Gasteiger charge is -2.31. The minimum absolute atomic E-state index is 0.0230. The molecule has 0 spiro atoms. The Labute approximate surface area is 153 Å². The van der Waals surface area contributed by atoms with Gasteiger partial charge in [0.25, 0.3) is 0 Å². The van der Waals surface area contributed by atoms with Crippen LogP contribution < -0.4 is 4.72 Å². The number of nitrogens with one attached hydrogen (secondary N) is 1. The monoisotopic (exact) mass is 382 g/mol. The van der Waals surface area contributed by atoms with Crippen molar-refractivity contribution in [2.75, 3.05) is 19.3 Å². The summed E-state index contributed by atoms with van der Waals surface area (Å²) in [6.07, 6.45) is 2.81. The first-order valence-electron chi connectivity index (χ1n) is 8.32. The van der Waals surface area contributed by atoms with Gasteiger partial charge in [0.1, 0.15) is 5.15 Å². The molecule has 1 aromatic carbocycles. The SMILES string of the molecule is Cc1nn(-c2ccccc2)c(Cl)c1CN1CCC(NS(C)(=O)=O)CC1. The van der Waals surface area contributed by atoms with Gasteiger partial charge in [-0.15, -0.1) is 0 Å². The highest BCUT2D eigenvalue weighted by Gasteiger charge is 2.24. The number of para-hydroxylation sites is 1. The van der Waals surface area contributed by atoms with Gasteiger partial charge in [-0.25, -0.2) is 17.8 Å². The van der Waals surface area contributed by atoms with Gasteiger partial charge in [0.2, 0.25) is 10.0 Å². The number of likely N-dealkylation sites (tertiary alicyclic amines) is 1. The quantitative estimate of drug-likeness (QED) is 0.861. The molecule has 8 heteroatoms. The Morgan fingerprint density at radius 2 is 1.88 bits per heavy atom. The normalized spacial score (nSPS) is 17.1. The number of halogens is 1. The summed E-state index contributed by atoms with van der Waals surface area (Å²) in [6, 6.07) is 9.86. The molecule has 3 rings (SSSR count). The molecule has 1 aliphatic rings. The van der Waals surface area contributed by atoms with Gasteiger partial charge in [-0.3, -0.25) is 4.90 Å². The van der Waals surface area contributed by atoms with Crippen LogP contribution in [0.15, 0.2) is 30.3 Å². The van der Waals surface area contributed by atoms with Crippen molar-refractivity contribution in [2.45, 2.75) is 32.4 Å². The number of sulfonamides is 1. The van der Waals surface area contributed by atoms with Crippen molar-refractivity contribution in [1.82, 2.24) is 19.4 Å². The second kappa shape index (κ2) is 7.45. The number of aryl methyl sites for hydroxylation is 1. The predicted molar refractivity (Wildman–Crippen MR) is 99.6 cm³/mol. The molecule has 0 aliphatic carbocycles. The van der Waals surface area contributed by atoms with Crippen molar-refractivity contribution < 1.29 is 8.42 Å². The summed E-state index contributed by atoms with van der Waals surface area (Å²) in [6.45, 7) is 4.36. The summed E-state index contributed by atoms with van der Waals surface area (Å²) in [5.41, 5.74) is 2.89. The van der Waals surface area contributed by atoms with Crippen LogP contribution in [0.5, 0.6) is 0 Å². The van der Waals surface area contributed by atoms with Crippen LogP contribution in [0.3, 0.4) is 0 Å². The molecule has 6 nitrogen and oxygen atoms in total. The zero-order valence-corrected chi connectivity index (χ0v) is 16.0. The van der Waals surface area contributed by atoms with Crippen molar-refractivity contribution >= 4 is 21.6 Å². The van der Waals surface area contributed by atoms with Gasteiger partial charge in [-0.05, 0) is 31.9 Å². The zero-order valence-electron chi connectivity index (χ0n) is 14.4. The Morgan fingerprint density at radius 3 is 2.48 bits per heavy atom. The molecule has 2 heterocycles.